The highest BCUT2D eigenvalue weighted by atomic mass is 16.1. The minimum atomic E-state index is -0.0227. The van der Waals surface area contributed by atoms with Gasteiger partial charge in [-0.25, -0.2) is 4.98 Å². The summed E-state index contributed by atoms with van der Waals surface area (Å²) in [6, 6.07) is 16.2. The fourth-order valence-corrected chi connectivity index (χ4v) is 3.42. The molecule has 1 aromatic carbocycles. The molecule has 0 radical (unpaired) electrons. The second-order valence-corrected chi connectivity index (χ2v) is 6.60. The van der Waals surface area contributed by atoms with Gasteiger partial charge in [-0.2, -0.15) is 0 Å². The molecule has 1 fully saturated rings. The predicted molar refractivity (Wildman–Crippen MR) is 100 cm³/mol. The van der Waals surface area contributed by atoms with Crippen LogP contribution in [0.2, 0.25) is 0 Å². The third-order valence-electron chi connectivity index (χ3n) is 4.76. The molecule has 0 unspecified atom stereocenters. The van der Waals surface area contributed by atoms with E-state index < -0.39 is 0 Å². The molecule has 0 saturated carbocycles. The lowest BCUT2D eigenvalue weighted by Crippen LogP contribution is -2.45. The van der Waals surface area contributed by atoms with Crippen molar-refractivity contribution in [2.24, 2.45) is 0 Å². The van der Waals surface area contributed by atoms with E-state index in [1.165, 1.54) is 11.3 Å². The first-order valence-electron chi connectivity index (χ1n) is 8.70. The quantitative estimate of drug-likeness (QED) is 0.737. The predicted octanol–water partition coefficient (Wildman–Crippen LogP) is 2.33. The molecule has 0 aliphatic carbocycles. The highest BCUT2D eigenvalue weighted by Crippen LogP contribution is 2.17. The van der Waals surface area contributed by atoms with Gasteiger partial charge in [0, 0.05) is 56.4 Å². The summed E-state index contributed by atoms with van der Waals surface area (Å²) >= 11 is 0. The zero-order valence-electron chi connectivity index (χ0n) is 14.4. The molecule has 0 spiro atoms. The number of aromatic nitrogens is 2. The number of pyridine rings is 1. The summed E-state index contributed by atoms with van der Waals surface area (Å²) in [7, 11) is 0. The number of nitrogens with zero attached hydrogens (tertiary/aromatic N) is 4. The van der Waals surface area contributed by atoms with E-state index in [2.05, 4.69) is 45.1 Å². The van der Waals surface area contributed by atoms with Crippen LogP contribution in [-0.4, -0.2) is 40.5 Å². The smallest absolute Gasteiger partial charge is 0.258 e. The highest BCUT2D eigenvalue weighted by molar-refractivity contribution is 5.46. The van der Waals surface area contributed by atoms with Crippen molar-refractivity contribution >= 4 is 11.3 Å². The first-order valence-corrected chi connectivity index (χ1v) is 8.70. The van der Waals surface area contributed by atoms with Gasteiger partial charge in [-0.15, -0.1) is 0 Å². The topological polar surface area (TPSA) is 40.9 Å². The minimum absolute atomic E-state index is 0.0227. The number of para-hydroxylation sites is 1. The number of hydrogen-bond donors (Lipinski definition) is 0. The number of hydrogen-bond acceptors (Lipinski definition) is 4. The van der Waals surface area contributed by atoms with Crippen LogP contribution in [0.25, 0.3) is 5.65 Å². The van der Waals surface area contributed by atoms with Gasteiger partial charge in [0.2, 0.25) is 0 Å². The summed E-state index contributed by atoms with van der Waals surface area (Å²) in [5.74, 6) is 0. The van der Waals surface area contributed by atoms with Crippen LogP contribution in [0.3, 0.4) is 0 Å². The molecule has 1 saturated heterocycles. The van der Waals surface area contributed by atoms with Crippen LogP contribution in [0.4, 0.5) is 5.69 Å². The van der Waals surface area contributed by atoms with Crippen molar-refractivity contribution in [3.05, 3.63) is 76.3 Å². The molecule has 25 heavy (non-hydrogen) atoms. The average Bonchev–Trinajstić information content (AvgIpc) is 2.63. The van der Waals surface area contributed by atoms with Gasteiger partial charge in [0.15, 0.2) is 0 Å². The summed E-state index contributed by atoms with van der Waals surface area (Å²) in [4.78, 5) is 21.3. The van der Waals surface area contributed by atoms with E-state index in [4.69, 9.17) is 0 Å². The Morgan fingerprint density at radius 1 is 1.00 bits per heavy atom. The van der Waals surface area contributed by atoms with Gasteiger partial charge >= 0.3 is 0 Å². The fraction of sp³-hybridized carbons (Fsp3) is 0.300. The van der Waals surface area contributed by atoms with Crippen molar-refractivity contribution in [2.45, 2.75) is 13.5 Å². The van der Waals surface area contributed by atoms with Gasteiger partial charge < -0.3 is 4.90 Å². The molecule has 3 heterocycles. The number of aryl methyl sites for hydroxylation is 1. The lowest BCUT2D eigenvalue weighted by atomic mass is 10.2. The van der Waals surface area contributed by atoms with Crippen LogP contribution in [-0.2, 0) is 6.54 Å². The van der Waals surface area contributed by atoms with E-state index in [0.29, 0.717) is 0 Å². The van der Waals surface area contributed by atoms with Crippen LogP contribution in [0, 0.1) is 6.92 Å². The van der Waals surface area contributed by atoms with E-state index in [0.717, 1.165) is 44.1 Å². The molecule has 0 bridgehead atoms. The molecule has 3 aromatic rings. The van der Waals surface area contributed by atoms with Gasteiger partial charge in [0.05, 0.1) is 0 Å². The molecule has 128 valence electrons. The Morgan fingerprint density at radius 3 is 2.52 bits per heavy atom. The third kappa shape index (κ3) is 3.42. The fourth-order valence-electron chi connectivity index (χ4n) is 3.42. The third-order valence-corrected chi connectivity index (χ3v) is 4.76. The average molecular weight is 334 g/mol. The molecule has 4 rings (SSSR count). The van der Waals surface area contributed by atoms with Gasteiger partial charge in [-0.05, 0) is 36.8 Å². The molecule has 5 nitrogen and oxygen atoms in total. The minimum Gasteiger partial charge on any atom is -0.369 e. The lowest BCUT2D eigenvalue weighted by Gasteiger charge is -2.36. The standard InChI is InChI=1S/C20H22N4O/c1-16-13-20(25)24-8-7-17(14-19(24)21-16)15-22-9-11-23(12-10-22)18-5-3-2-4-6-18/h2-8,13-14H,9-12,15H2,1H3. The van der Waals surface area contributed by atoms with Gasteiger partial charge in [-0.1, -0.05) is 18.2 Å². The van der Waals surface area contributed by atoms with Crippen LogP contribution in [0.15, 0.2) is 59.5 Å². The van der Waals surface area contributed by atoms with Crippen molar-refractivity contribution < 1.29 is 0 Å². The van der Waals surface area contributed by atoms with Crippen LogP contribution in [0.5, 0.6) is 0 Å². The molecule has 1 aliphatic rings. The Kier molecular flexibility index (Phi) is 4.24. The molecular weight excluding hydrogens is 312 g/mol. The summed E-state index contributed by atoms with van der Waals surface area (Å²) < 4.78 is 1.60. The molecule has 2 aromatic heterocycles. The normalized spacial score (nSPS) is 15.6. The molecule has 5 heteroatoms. The molecule has 1 aliphatic heterocycles. The first-order chi connectivity index (χ1) is 12.2. The van der Waals surface area contributed by atoms with Gasteiger partial charge in [-0.3, -0.25) is 14.1 Å². The van der Waals surface area contributed by atoms with E-state index in [1.807, 2.05) is 25.3 Å². The van der Waals surface area contributed by atoms with Crippen LogP contribution in [0.1, 0.15) is 11.3 Å². The summed E-state index contributed by atoms with van der Waals surface area (Å²) in [5.41, 5.74) is 3.96. The molecular formula is C20H22N4O. The Hall–Kier alpha value is -2.66. The van der Waals surface area contributed by atoms with Crippen LogP contribution < -0.4 is 10.5 Å². The Morgan fingerprint density at radius 2 is 1.76 bits per heavy atom. The second-order valence-electron chi connectivity index (χ2n) is 6.60. The van der Waals surface area contributed by atoms with Crippen molar-refractivity contribution in [2.75, 3.05) is 31.1 Å². The Bertz CT molecular complexity index is 927. The van der Waals surface area contributed by atoms with Gasteiger partial charge in [0.25, 0.3) is 5.56 Å². The maximum atomic E-state index is 12.0. The summed E-state index contributed by atoms with van der Waals surface area (Å²) in [5, 5.41) is 0. The van der Waals surface area contributed by atoms with E-state index in [9.17, 15) is 4.79 Å². The van der Waals surface area contributed by atoms with Crippen molar-refractivity contribution in [1.29, 1.82) is 0 Å². The van der Waals surface area contributed by atoms with Gasteiger partial charge in [0.1, 0.15) is 5.65 Å². The maximum absolute atomic E-state index is 12.0. The number of benzene rings is 1. The number of anilines is 1. The second kappa shape index (κ2) is 6.69. The zero-order valence-corrected chi connectivity index (χ0v) is 14.4. The number of piperazine rings is 1. The Labute approximate surface area is 147 Å². The zero-order chi connectivity index (χ0) is 17.2. The molecule has 0 atom stereocenters. The summed E-state index contributed by atoms with van der Waals surface area (Å²) in [6.07, 6.45) is 1.83. The van der Waals surface area contributed by atoms with E-state index in [-0.39, 0.29) is 5.56 Å². The van der Waals surface area contributed by atoms with E-state index >= 15 is 0 Å². The number of rotatable bonds is 3. The highest BCUT2D eigenvalue weighted by Gasteiger charge is 2.17. The number of fused-ring (bicyclic) bond motifs is 1. The van der Waals surface area contributed by atoms with Crippen molar-refractivity contribution in [3.8, 4) is 0 Å². The van der Waals surface area contributed by atoms with Crippen LogP contribution >= 0.6 is 0 Å². The largest absolute Gasteiger partial charge is 0.369 e. The SMILES string of the molecule is Cc1cc(=O)n2ccc(CN3CCN(c4ccccc4)CC3)cc2n1. The molecule has 0 amide bonds. The van der Waals surface area contributed by atoms with Crippen molar-refractivity contribution in [3.63, 3.8) is 0 Å². The first kappa shape index (κ1) is 15.8. The van der Waals surface area contributed by atoms with E-state index in [1.54, 1.807) is 10.5 Å². The van der Waals surface area contributed by atoms with Crippen molar-refractivity contribution in [1.82, 2.24) is 14.3 Å². The monoisotopic (exact) mass is 334 g/mol. The summed E-state index contributed by atoms with van der Waals surface area (Å²) in [6.45, 7) is 6.89. The Balaban J connectivity index is 1.45. The maximum Gasteiger partial charge on any atom is 0.258 e. The lowest BCUT2D eigenvalue weighted by molar-refractivity contribution is 0.250. The molecule has 0 N–H and O–H groups in total.